The van der Waals surface area contributed by atoms with Crippen LogP contribution in [0.3, 0.4) is 0 Å². The molecule has 3 aromatic carbocycles. The maximum atomic E-state index is 12.4. The Morgan fingerprint density at radius 2 is 1.64 bits per heavy atom. The van der Waals surface area contributed by atoms with Crippen LogP contribution in [0.25, 0.3) is 11.5 Å². The fourth-order valence-electron chi connectivity index (χ4n) is 2.65. The number of halogens is 1. The van der Waals surface area contributed by atoms with E-state index in [0.717, 1.165) is 5.56 Å². The molecule has 0 aliphatic heterocycles. The molecule has 0 fully saturated rings. The SMILES string of the molecule is O=C(c1ccccc1)c1ccc(OCc2nnc(-c3cccc(Cl)c3)o2)cc1. The molecular weight excluding hydrogens is 376 g/mol. The van der Waals surface area contributed by atoms with Crippen molar-refractivity contribution in [1.82, 2.24) is 10.2 Å². The van der Waals surface area contributed by atoms with E-state index < -0.39 is 0 Å². The minimum Gasteiger partial charge on any atom is -0.484 e. The van der Waals surface area contributed by atoms with Crippen LogP contribution >= 0.6 is 11.6 Å². The van der Waals surface area contributed by atoms with Crippen molar-refractivity contribution in [2.24, 2.45) is 0 Å². The topological polar surface area (TPSA) is 65.2 Å². The van der Waals surface area contributed by atoms with Crippen molar-refractivity contribution in [3.05, 3.63) is 101 Å². The van der Waals surface area contributed by atoms with Crippen LogP contribution in [0.15, 0.2) is 83.3 Å². The first-order valence-corrected chi connectivity index (χ1v) is 8.98. The number of carbonyl (C=O) groups is 1. The highest BCUT2D eigenvalue weighted by molar-refractivity contribution is 6.30. The zero-order valence-corrected chi connectivity index (χ0v) is 15.5. The predicted molar refractivity (Wildman–Crippen MR) is 105 cm³/mol. The summed E-state index contributed by atoms with van der Waals surface area (Å²) >= 11 is 5.98. The van der Waals surface area contributed by atoms with Crippen molar-refractivity contribution in [1.29, 1.82) is 0 Å². The van der Waals surface area contributed by atoms with E-state index in [4.69, 9.17) is 20.8 Å². The van der Waals surface area contributed by atoms with Crippen molar-refractivity contribution in [3.8, 4) is 17.2 Å². The second-order valence-electron chi connectivity index (χ2n) is 6.02. The van der Waals surface area contributed by atoms with Crippen LogP contribution < -0.4 is 4.74 Å². The molecule has 0 saturated heterocycles. The quantitative estimate of drug-likeness (QED) is 0.423. The number of rotatable bonds is 6. The van der Waals surface area contributed by atoms with E-state index in [1.807, 2.05) is 30.3 Å². The van der Waals surface area contributed by atoms with E-state index >= 15 is 0 Å². The largest absolute Gasteiger partial charge is 0.484 e. The maximum Gasteiger partial charge on any atom is 0.254 e. The number of ketones is 1. The van der Waals surface area contributed by atoms with Gasteiger partial charge in [0.15, 0.2) is 12.4 Å². The standard InChI is InChI=1S/C22H15ClN2O3/c23-18-8-4-7-17(13-18)22-25-24-20(28-22)14-27-19-11-9-16(10-12-19)21(26)15-5-2-1-3-6-15/h1-13H,14H2. The zero-order valence-electron chi connectivity index (χ0n) is 14.7. The van der Waals surface area contributed by atoms with E-state index in [1.165, 1.54) is 0 Å². The molecule has 28 heavy (non-hydrogen) atoms. The molecular formula is C22H15ClN2O3. The van der Waals surface area contributed by atoms with Gasteiger partial charge in [-0.25, -0.2) is 0 Å². The molecule has 0 bridgehead atoms. The Bertz CT molecular complexity index is 1090. The number of benzene rings is 3. The molecule has 0 N–H and O–H groups in total. The molecule has 4 aromatic rings. The summed E-state index contributed by atoms with van der Waals surface area (Å²) < 4.78 is 11.3. The van der Waals surface area contributed by atoms with Gasteiger partial charge in [-0.1, -0.05) is 48.0 Å². The molecule has 0 atom stereocenters. The van der Waals surface area contributed by atoms with E-state index in [2.05, 4.69) is 10.2 Å². The summed E-state index contributed by atoms with van der Waals surface area (Å²) in [7, 11) is 0. The minimum atomic E-state index is -0.0322. The molecule has 6 heteroatoms. The van der Waals surface area contributed by atoms with Crippen LogP contribution in [-0.2, 0) is 6.61 Å². The second-order valence-corrected chi connectivity index (χ2v) is 6.46. The van der Waals surface area contributed by atoms with Crippen molar-refractivity contribution in [2.75, 3.05) is 0 Å². The Balaban J connectivity index is 1.40. The number of hydrogen-bond donors (Lipinski definition) is 0. The summed E-state index contributed by atoms with van der Waals surface area (Å²) in [5.74, 6) is 1.30. The molecule has 1 aromatic heterocycles. The number of aromatic nitrogens is 2. The Kier molecular flexibility index (Phi) is 5.17. The normalized spacial score (nSPS) is 10.6. The molecule has 0 spiro atoms. The molecule has 0 aliphatic rings. The van der Waals surface area contributed by atoms with Crippen molar-refractivity contribution in [2.45, 2.75) is 6.61 Å². The summed E-state index contributed by atoms with van der Waals surface area (Å²) in [5, 5.41) is 8.59. The van der Waals surface area contributed by atoms with Gasteiger partial charge in [0, 0.05) is 21.7 Å². The Hall–Kier alpha value is -3.44. The van der Waals surface area contributed by atoms with Crippen LogP contribution in [0.5, 0.6) is 5.75 Å². The third-order valence-electron chi connectivity index (χ3n) is 4.05. The summed E-state index contributed by atoms with van der Waals surface area (Å²) in [6.07, 6.45) is 0. The van der Waals surface area contributed by atoms with Crippen molar-refractivity contribution < 1.29 is 13.9 Å². The molecule has 0 unspecified atom stereocenters. The van der Waals surface area contributed by atoms with Gasteiger partial charge < -0.3 is 9.15 Å². The van der Waals surface area contributed by atoms with Crippen molar-refractivity contribution in [3.63, 3.8) is 0 Å². The molecule has 0 amide bonds. The molecule has 0 radical (unpaired) electrons. The van der Waals surface area contributed by atoms with E-state index in [-0.39, 0.29) is 12.4 Å². The summed E-state index contributed by atoms with van der Waals surface area (Å²) in [4.78, 5) is 12.4. The van der Waals surface area contributed by atoms with Gasteiger partial charge in [0.2, 0.25) is 5.89 Å². The lowest BCUT2D eigenvalue weighted by molar-refractivity contribution is 0.103. The minimum absolute atomic E-state index is 0.0322. The highest BCUT2D eigenvalue weighted by atomic mass is 35.5. The Morgan fingerprint density at radius 3 is 2.39 bits per heavy atom. The van der Waals surface area contributed by atoms with Crippen LogP contribution in [-0.4, -0.2) is 16.0 Å². The lowest BCUT2D eigenvalue weighted by atomic mass is 10.0. The number of carbonyl (C=O) groups excluding carboxylic acids is 1. The first-order valence-electron chi connectivity index (χ1n) is 8.60. The molecule has 1 heterocycles. The fourth-order valence-corrected chi connectivity index (χ4v) is 2.84. The lowest BCUT2D eigenvalue weighted by Crippen LogP contribution is -2.01. The van der Waals surface area contributed by atoms with Crippen LogP contribution in [0, 0.1) is 0 Å². The van der Waals surface area contributed by atoms with Gasteiger partial charge in [-0.05, 0) is 42.5 Å². The maximum absolute atomic E-state index is 12.4. The summed E-state index contributed by atoms with van der Waals surface area (Å²) in [5.41, 5.74) is 1.99. The average Bonchev–Trinajstić information content (AvgIpc) is 3.22. The number of nitrogens with zero attached hydrogens (tertiary/aromatic N) is 2. The van der Waals surface area contributed by atoms with Crippen LogP contribution in [0.4, 0.5) is 0 Å². The van der Waals surface area contributed by atoms with Gasteiger partial charge >= 0.3 is 0 Å². The van der Waals surface area contributed by atoms with E-state index in [0.29, 0.717) is 33.7 Å². The van der Waals surface area contributed by atoms with E-state index in [1.54, 1.807) is 48.5 Å². The third kappa shape index (κ3) is 4.10. The van der Waals surface area contributed by atoms with Gasteiger partial charge in [0.1, 0.15) is 5.75 Å². The fraction of sp³-hybridized carbons (Fsp3) is 0.0455. The molecule has 0 aliphatic carbocycles. The monoisotopic (exact) mass is 390 g/mol. The van der Waals surface area contributed by atoms with Gasteiger partial charge in [-0.2, -0.15) is 0 Å². The Morgan fingerprint density at radius 1 is 0.893 bits per heavy atom. The first kappa shape index (κ1) is 17.9. The van der Waals surface area contributed by atoms with Crippen molar-refractivity contribution >= 4 is 17.4 Å². The highest BCUT2D eigenvalue weighted by Gasteiger charge is 2.11. The van der Waals surface area contributed by atoms with Gasteiger partial charge in [-0.15, -0.1) is 10.2 Å². The van der Waals surface area contributed by atoms with Gasteiger partial charge in [0.05, 0.1) is 0 Å². The predicted octanol–water partition coefficient (Wildman–Crippen LogP) is 5.20. The van der Waals surface area contributed by atoms with Crippen LogP contribution in [0.2, 0.25) is 5.02 Å². The second kappa shape index (κ2) is 8.06. The zero-order chi connectivity index (χ0) is 19.3. The summed E-state index contributed by atoms with van der Waals surface area (Å²) in [6.45, 7) is 0.125. The van der Waals surface area contributed by atoms with Gasteiger partial charge in [-0.3, -0.25) is 4.79 Å². The molecule has 138 valence electrons. The first-order chi connectivity index (χ1) is 13.7. The average molecular weight is 391 g/mol. The van der Waals surface area contributed by atoms with Gasteiger partial charge in [0.25, 0.3) is 5.89 Å². The highest BCUT2D eigenvalue weighted by Crippen LogP contribution is 2.22. The molecule has 4 rings (SSSR count). The Labute approximate surface area is 166 Å². The molecule has 0 saturated carbocycles. The third-order valence-corrected chi connectivity index (χ3v) is 4.29. The smallest absolute Gasteiger partial charge is 0.254 e. The number of hydrogen-bond acceptors (Lipinski definition) is 5. The van der Waals surface area contributed by atoms with E-state index in [9.17, 15) is 4.79 Å². The number of ether oxygens (including phenoxy) is 1. The van der Waals surface area contributed by atoms with Crippen LogP contribution in [0.1, 0.15) is 21.8 Å². The molecule has 5 nitrogen and oxygen atoms in total. The summed E-state index contributed by atoms with van der Waals surface area (Å²) in [6, 6.07) is 23.3. The lowest BCUT2D eigenvalue weighted by Gasteiger charge is -2.05.